The molecule has 152 valence electrons. The molecule has 4 aromatic heterocycles. The minimum atomic E-state index is -0.402. The molecule has 1 fully saturated rings. The molecular formula is C22H22N6O2. The van der Waals surface area contributed by atoms with E-state index in [1.807, 2.05) is 16.7 Å². The third-order valence-electron chi connectivity index (χ3n) is 5.25. The molecule has 5 rings (SSSR count). The highest BCUT2D eigenvalue weighted by molar-refractivity contribution is 5.92. The number of carbonyl (C=O) groups is 1. The average Bonchev–Trinajstić information content (AvgIpc) is 3.49. The summed E-state index contributed by atoms with van der Waals surface area (Å²) in [4.78, 5) is 33.5. The Morgan fingerprint density at radius 1 is 1.07 bits per heavy atom. The summed E-state index contributed by atoms with van der Waals surface area (Å²) in [7, 11) is 0. The van der Waals surface area contributed by atoms with Crippen LogP contribution in [0.2, 0.25) is 0 Å². The van der Waals surface area contributed by atoms with E-state index < -0.39 is 5.91 Å². The quantitative estimate of drug-likeness (QED) is 0.492. The normalized spacial score (nSPS) is 13.7. The van der Waals surface area contributed by atoms with Gasteiger partial charge in [-0.2, -0.15) is 0 Å². The number of nitrogens with zero attached hydrogens (tertiary/aromatic N) is 4. The maximum atomic E-state index is 12.5. The van der Waals surface area contributed by atoms with Crippen LogP contribution in [0.1, 0.15) is 34.6 Å². The van der Waals surface area contributed by atoms with Gasteiger partial charge in [-0.1, -0.05) is 12.1 Å². The van der Waals surface area contributed by atoms with Crippen molar-refractivity contribution in [2.24, 2.45) is 5.92 Å². The van der Waals surface area contributed by atoms with E-state index in [1.165, 1.54) is 28.9 Å². The number of amides is 1. The van der Waals surface area contributed by atoms with Gasteiger partial charge in [-0.3, -0.25) is 14.0 Å². The van der Waals surface area contributed by atoms with E-state index >= 15 is 0 Å². The van der Waals surface area contributed by atoms with Gasteiger partial charge >= 0.3 is 0 Å². The van der Waals surface area contributed by atoms with Crippen LogP contribution in [0.5, 0.6) is 0 Å². The Bertz CT molecular complexity index is 1290. The van der Waals surface area contributed by atoms with Crippen LogP contribution in [0.3, 0.4) is 0 Å². The van der Waals surface area contributed by atoms with Crippen LogP contribution in [0.4, 0.5) is 0 Å². The summed E-state index contributed by atoms with van der Waals surface area (Å²) in [5, 5.41) is 6.28. The zero-order chi connectivity index (χ0) is 20.5. The smallest absolute Gasteiger partial charge is 0.270 e. The van der Waals surface area contributed by atoms with Gasteiger partial charge in [0.1, 0.15) is 17.0 Å². The van der Waals surface area contributed by atoms with Crippen molar-refractivity contribution in [2.45, 2.75) is 25.9 Å². The second-order valence-electron chi connectivity index (χ2n) is 7.70. The van der Waals surface area contributed by atoms with E-state index in [-0.39, 0.29) is 17.8 Å². The lowest BCUT2D eigenvalue weighted by Crippen LogP contribution is -2.27. The summed E-state index contributed by atoms with van der Waals surface area (Å²) in [6.07, 6.45) is 8.26. The molecule has 1 aliphatic carbocycles. The monoisotopic (exact) mass is 402 g/mol. The predicted octanol–water partition coefficient (Wildman–Crippen LogP) is 1.77. The number of imidazole rings is 1. The second-order valence-corrected chi connectivity index (χ2v) is 7.70. The summed E-state index contributed by atoms with van der Waals surface area (Å²) in [5.41, 5.74) is 3.00. The van der Waals surface area contributed by atoms with E-state index in [0.29, 0.717) is 5.65 Å². The molecule has 8 nitrogen and oxygen atoms in total. The number of rotatable bonds is 7. The van der Waals surface area contributed by atoms with E-state index in [9.17, 15) is 9.59 Å². The van der Waals surface area contributed by atoms with Gasteiger partial charge in [0.25, 0.3) is 11.5 Å². The van der Waals surface area contributed by atoms with Crippen molar-refractivity contribution in [3.63, 3.8) is 0 Å². The maximum absolute atomic E-state index is 12.5. The fraction of sp³-hybridized carbons (Fsp3) is 0.273. The molecule has 1 aliphatic rings. The summed E-state index contributed by atoms with van der Waals surface area (Å²) >= 11 is 0. The molecular weight excluding hydrogens is 380 g/mol. The van der Waals surface area contributed by atoms with Crippen molar-refractivity contribution < 1.29 is 4.79 Å². The number of fused-ring (bicyclic) bond motifs is 2. The van der Waals surface area contributed by atoms with Gasteiger partial charge in [0, 0.05) is 31.2 Å². The highest BCUT2D eigenvalue weighted by atomic mass is 16.2. The number of carbonyl (C=O) groups excluding carboxylic acids is 1. The Kier molecular flexibility index (Phi) is 4.76. The lowest BCUT2D eigenvalue weighted by molar-refractivity contribution is 0.0945. The van der Waals surface area contributed by atoms with Crippen molar-refractivity contribution in [1.82, 2.24) is 29.4 Å². The van der Waals surface area contributed by atoms with E-state index in [2.05, 4.69) is 32.9 Å². The Morgan fingerprint density at radius 3 is 2.83 bits per heavy atom. The summed E-state index contributed by atoms with van der Waals surface area (Å²) in [6, 6.07) is 10.5. The molecule has 0 radical (unpaired) electrons. The van der Waals surface area contributed by atoms with Gasteiger partial charge in [0.05, 0.1) is 12.2 Å². The summed E-state index contributed by atoms with van der Waals surface area (Å²) < 4.78 is 3.37. The van der Waals surface area contributed by atoms with Crippen LogP contribution in [-0.4, -0.2) is 31.2 Å². The Hall–Kier alpha value is -3.52. The van der Waals surface area contributed by atoms with Crippen LogP contribution in [0, 0.1) is 5.92 Å². The van der Waals surface area contributed by atoms with Gasteiger partial charge < -0.3 is 15.0 Å². The van der Waals surface area contributed by atoms with Gasteiger partial charge in [-0.25, -0.2) is 9.97 Å². The predicted molar refractivity (Wildman–Crippen MR) is 112 cm³/mol. The summed E-state index contributed by atoms with van der Waals surface area (Å²) in [5.74, 6) is 0.450. The number of nitrogens with one attached hydrogen (secondary N) is 2. The molecule has 0 bridgehead atoms. The van der Waals surface area contributed by atoms with Crippen molar-refractivity contribution in [1.29, 1.82) is 0 Å². The van der Waals surface area contributed by atoms with Crippen LogP contribution in [0.25, 0.3) is 11.3 Å². The topological polar surface area (TPSA) is 92.8 Å². The van der Waals surface area contributed by atoms with Gasteiger partial charge in [-0.05, 0) is 49.1 Å². The highest BCUT2D eigenvalue weighted by Crippen LogP contribution is 2.27. The standard InChI is InChI=1S/C22H22N6O2/c29-21-9-18(26-20-3-1-2-8-28(20)21)22(30)24-12-17-14-27-13-16(6-7-19(27)25-17)11-23-10-15-4-5-15/h1-3,6-9,13-15,23H,4-5,10-12H2,(H,24,30). The number of hydrogen-bond donors (Lipinski definition) is 2. The molecule has 30 heavy (non-hydrogen) atoms. The first-order chi connectivity index (χ1) is 14.7. The molecule has 0 atom stereocenters. The van der Waals surface area contributed by atoms with Crippen molar-refractivity contribution in [3.05, 3.63) is 82.3 Å². The van der Waals surface area contributed by atoms with Crippen molar-refractivity contribution >= 4 is 17.2 Å². The van der Waals surface area contributed by atoms with Gasteiger partial charge in [0.15, 0.2) is 0 Å². The second kappa shape index (κ2) is 7.72. The molecule has 0 saturated heterocycles. The third kappa shape index (κ3) is 3.95. The average molecular weight is 402 g/mol. The fourth-order valence-corrected chi connectivity index (χ4v) is 3.45. The SMILES string of the molecule is O=C(NCc1cn2cc(CNCC3CC3)ccc2n1)c1cc(=O)n2ccccc2n1. The van der Waals surface area contributed by atoms with Crippen molar-refractivity contribution in [3.8, 4) is 0 Å². The summed E-state index contributed by atoms with van der Waals surface area (Å²) in [6.45, 7) is 2.16. The minimum absolute atomic E-state index is 0.0963. The van der Waals surface area contributed by atoms with Crippen LogP contribution in [0.15, 0.2) is 59.8 Å². The Labute approximate surface area is 172 Å². The molecule has 0 aromatic carbocycles. The first-order valence-electron chi connectivity index (χ1n) is 10.1. The first kappa shape index (κ1) is 18.5. The molecule has 1 amide bonds. The molecule has 4 heterocycles. The number of aromatic nitrogens is 4. The molecule has 2 N–H and O–H groups in total. The molecule has 8 heteroatoms. The zero-order valence-corrected chi connectivity index (χ0v) is 16.4. The number of pyridine rings is 2. The Morgan fingerprint density at radius 2 is 1.97 bits per heavy atom. The molecule has 0 spiro atoms. The van der Waals surface area contributed by atoms with Crippen molar-refractivity contribution in [2.75, 3.05) is 6.54 Å². The van der Waals surface area contributed by atoms with E-state index in [0.717, 1.165) is 30.3 Å². The lowest BCUT2D eigenvalue weighted by atomic mass is 10.2. The zero-order valence-electron chi connectivity index (χ0n) is 16.4. The Balaban J connectivity index is 1.26. The largest absolute Gasteiger partial charge is 0.345 e. The maximum Gasteiger partial charge on any atom is 0.270 e. The van der Waals surface area contributed by atoms with E-state index in [1.54, 1.807) is 24.4 Å². The molecule has 0 aliphatic heterocycles. The van der Waals surface area contributed by atoms with Crippen LogP contribution in [-0.2, 0) is 13.1 Å². The number of hydrogen-bond acceptors (Lipinski definition) is 5. The molecule has 1 saturated carbocycles. The molecule has 0 unspecified atom stereocenters. The third-order valence-corrected chi connectivity index (χ3v) is 5.25. The lowest BCUT2D eigenvalue weighted by Gasteiger charge is -2.04. The highest BCUT2D eigenvalue weighted by Gasteiger charge is 2.20. The van der Waals surface area contributed by atoms with E-state index in [4.69, 9.17) is 0 Å². The van der Waals surface area contributed by atoms with Crippen LogP contribution >= 0.6 is 0 Å². The minimum Gasteiger partial charge on any atom is -0.345 e. The van der Waals surface area contributed by atoms with Crippen LogP contribution < -0.4 is 16.2 Å². The molecule has 4 aromatic rings. The fourth-order valence-electron chi connectivity index (χ4n) is 3.45. The van der Waals surface area contributed by atoms with Gasteiger partial charge in [0.2, 0.25) is 0 Å². The van der Waals surface area contributed by atoms with Gasteiger partial charge in [-0.15, -0.1) is 0 Å². The first-order valence-corrected chi connectivity index (χ1v) is 10.1.